The first-order valence-electron chi connectivity index (χ1n) is 10.8. The lowest BCUT2D eigenvalue weighted by Crippen LogP contribution is -2.16. The number of nitrogens with one attached hydrogen (secondary N) is 1. The number of aliphatic hydroxyl groups excluding tert-OH is 1. The van der Waals surface area contributed by atoms with E-state index in [-0.39, 0.29) is 5.97 Å². The van der Waals surface area contributed by atoms with Crippen LogP contribution in [0.4, 0.5) is 0 Å². The molecular formula is C21H43NO3. The smallest absolute Gasteiger partial charge is 0.305 e. The van der Waals surface area contributed by atoms with Crippen molar-refractivity contribution in [2.45, 2.75) is 103 Å². The predicted octanol–water partition coefficient (Wildman–Crippen LogP) is 4.98. The zero-order chi connectivity index (χ0) is 18.4. The summed E-state index contributed by atoms with van der Waals surface area (Å²) >= 11 is 0. The van der Waals surface area contributed by atoms with E-state index in [1.54, 1.807) is 0 Å². The van der Waals surface area contributed by atoms with Crippen molar-refractivity contribution in [2.24, 2.45) is 0 Å². The molecule has 0 amide bonds. The van der Waals surface area contributed by atoms with E-state index >= 15 is 0 Å². The Kier molecular flexibility index (Phi) is 20.9. The topological polar surface area (TPSA) is 58.6 Å². The molecule has 0 aromatic carbocycles. The Labute approximate surface area is 156 Å². The molecule has 0 atom stereocenters. The van der Waals surface area contributed by atoms with Crippen LogP contribution in [0.15, 0.2) is 0 Å². The van der Waals surface area contributed by atoms with Gasteiger partial charge in [0.2, 0.25) is 0 Å². The number of aliphatic hydroxyl groups is 1. The first kappa shape index (κ1) is 24.4. The minimum Gasteiger partial charge on any atom is -0.466 e. The highest BCUT2D eigenvalue weighted by Crippen LogP contribution is 2.08. The quantitative estimate of drug-likeness (QED) is 0.238. The van der Waals surface area contributed by atoms with Crippen LogP contribution in [0.5, 0.6) is 0 Å². The van der Waals surface area contributed by atoms with Crippen LogP contribution in [-0.2, 0) is 9.53 Å². The third kappa shape index (κ3) is 21.3. The van der Waals surface area contributed by atoms with Gasteiger partial charge < -0.3 is 15.2 Å². The highest BCUT2D eigenvalue weighted by Gasteiger charge is 2.02. The summed E-state index contributed by atoms with van der Waals surface area (Å²) in [5.74, 6) is -0.0171. The van der Waals surface area contributed by atoms with Crippen LogP contribution in [-0.4, -0.2) is 37.4 Å². The van der Waals surface area contributed by atoms with E-state index in [0.29, 0.717) is 19.6 Å². The third-order valence-electron chi connectivity index (χ3n) is 4.51. The third-order valence-corrected chi connectivity index (χ3v) is 4.51. The molecule has 25 heavy (non-hydrogen) atoms. The largest absolute Gasteiger partial charge is 0.466 e. The summed E-state index contributed by atoms with van der Waals surface area (Å²) in [5, 5.41) is 12.1. The number of esters is 1. The van der Waals surface area contributed by atoms with Crippen molar-refractivity contribution in [3.8, 4) is 0 Å². The van der Waals surface area contributed by atoms with Crippen molar-refractivity contribution in [1.29, 1.82) is 0 Å². The summed E-state index contributed by atoms with van der Waals surface area (Å²) in [6, 6.07) is 0. The maximum Gasteiger partial charge on any atom is 0.305 e. The Morgan fingerprint density at radius 1 is 0.760 bits per heavy atom. The number of ether oxygens (including phenoxy) is 1. The van der Waals surface area contributed by atoms with E-state index in [2.05, 4.69) is 12.2 Å². The molecule has 0 saturated heterocycles. The van der Waals surface area contributed by atoms with Gasteiger partial charge in [-0.3, -0.25) is 4.79 Å². The van der Waals surface area contributed by atoms with Crippen LogP contribution in [0.1, 0.15) is 103 Å². The average Bonchev–Trinajstić information content (AvgIpc) is 2.62. The van der Waals surface area contributed by atoms with Crippen LogP contribution in [0.3, 0.4) is 0 Å². The molecular weight excluding hydrogens is 314 g/mol. The molecule has 0 bridgehead atoms. The number of unbranched alkanes of at least 4 members (excludes halogenated alkanes) is 11. The fourth-order valence-corrected chi connectivity index (χ4v) is 2.85. The summed E-state index contributed by atoms with van der Waals surface area (Å²) in [6.07, 6.45) is 17.0. The Balaban J connectivity index is 3.13. The van der Waals surface area contributed by atoms with E-state index in [1.165, 1.54) is 57.8 Å². The summed E-state index contributed by atoms with van der Waals surface area (Å²) < 4.78 is 5.29. The van der Waals surface area contributed by atoms with Crippen LogP contribution in [0.25, 0.3) is 0 Å². The predicted molar refractivity (Wildman–Crippen MR) is 106 cm³/mol. The van der Waals surface area contributed by atoms with E-state index in [0.717, 1.165) is 45.2 Å². The van der Waals surface area contributed by atoms with Crippen LogP contribution >= 0.6 is 0 Å². The molecule has 0 fully saturated rings. The molecule has 0 heterocycles. The van der Waals surface area contributed by atoms with E-state index < -0.39 is 0 Å². The standard InChI is InChI=1S/C21H43NO3/c1-2-3-4-5-6-10-15-20-25-21(24)16-11-8-7-9-12-17-22-18-13-14-19-23/h22-23H,2-20H2,1H3. The highest BCUT2D eigenvalue weighted by atomic mass is 16.5. The van der Waals surface area contributed by atoms with Crippen molar-refractivity contribution in [2.75, 3.05) is 26.3 Å². The minimum atomic E-state index is -0.0171. The van der Waals surface area contributed by atoms with Gasteiger partial charge in [-0.2, -0.15) is 0 Å². The molecule has 0 unspecified atom stereocenters. The van der Waals surface area contributed by atoms with Crippen LogP contribution < -0.4 is 5.32 Å². The fraction of sp³-hybridized carbons (Fsp3) is 0.952. The van der Waals surface area contributed by atoms with Crippen LogP contribution in [0.2, 0.25) is 0 Å². The van der Waals surface area contributed by atoms with Gasteiger partial charge in [-0.25, -0.2) is 0 Å². The maximum absolute atomic E-state index is 11.6. The van der Waals surface area contributed by atoms with E-state index in [9.17, 15) is 4.79 Å². The number of carbonyl (C=O) groups excluding carboxylic acids is 1. The Hall–Kier alpha value is -0.610. The second-order valence-corrected chi connectivity index (χ2v) is 7.04. The van der Waals surface area contributed by atoms with E-state index in [1.807, 2.05) is 0 Å². The fourth-order valence-electron chi connectivity index (χ4n) is 2.85. The molecule has 4 nitrogen and oxygen atoms in total. The average molecular weight is 358 g/mol. The maximum atomic E-state index is 11.6. The Bertz CT molecular complexity index is 272. The lowest BCUT2D eigenvalue weighted by atomic mass is 10.1. The first-order chi connectivity index (χ1) is 12.3. The van der Waals surface area contributed by atoms with E-state index in [4.69, 9.17) is 9.84 Å². The van der Waals surface area contributed by atoms with Crippen molar-refractivity contribution < 1.29 is 14.6 Å². The normalized spacial score (nSPS) is 11.0. The molecule has 0 rings (SSSR count). The van der Waals surface area contributed by atoms with Gasteiger partial charge in [-0.1, -0.05) is 64.7 Å². The van der Waals surface area contributed by atoms with Crippen LogP contribution in [0, 0.1) is 0 Å². The molecule has 150 valence electrons. The molecule has 2 N–H and O–H groups in total. The van der Waals surface area contributed by atoms with Gasteiger partial charge >= 0.3 is 5.97 Å². The molecule has 0 aliphatic carbocycles. The second kappa shape index (κ2) is 21.4. The minimum absolute atomic E-state index is 0.0171. The second-order valence-electron chi connectivity index (χ2n) is 7.04. The molecule has 0 aliphatic rings. The van der Waals surface area contributed by atoms with Crippen molar-refractivity contribution in [1.82, 2.24) is 5.32 Å². The molecule has 0 aliphatic heterocycles. The zero-order valence-electron chi connectivity index (χ0n) is 16.7. The number of hydrogen-bond acceptors (Lipinski definition) is 4. The molecule has 0 saturated carbocycles. The molecule has 0 radical (unpaired) electrons. The number of carbonyl (C=O) groups is 1. The summed E-state index contributed by atoms with van der Waals surface area (Å²) in [5.41, 5.74) is 0. The van der Waals surface area contributed by atoms with Crippen molar-refractivity contribution in [3.63, 3.8) is 0 Å². The lowest BCUT2D eigenvalue weighted by Gasteiger charge is -2.06. The Morgan fingerprint density at radius 2 is 1.32 bits per heavy atom. The molecule has 0 aromatic heterocycles. The first-order valence-corrected chi connectivity index (χ1v) is 10.8. The van der Waals surface area contributed by atoms with Gasteiger partial charge in [-0.15, -0.1) is 0 Å². The summed E-state index contributed by atoms with van der Waals surface area (Å²) in [6.45, 7) is 5.20. The molecule has 4 heteroatoms. The number of hydrogen-bond donors (Lipinski definition) is 2. The zero-order valence-corrected chi connectivity index (χ0v) is 16.7. The van der Waals surface area contributed by atoms with Gasteiger partial charge in [0.15, 0.2) is 0 Å². The Morgan fingerprint density at radius 3 is 2.00 bits per heavy atom. The van der Waals surface area contributed by atoms with Crippen molar-refractivity contribution >= 4 is 5.97 Å². The van der Waals surface area contributed by atoms with Gasteiger partial charge in [0.25, 0.3) is 0 Å². The molecule has 0 spiro atoms. The van der Waals surface area contributed by atoms with Gasteiger partial charge in [0, 0.05) is 13.0 Å². The van der Waals surface area contributed by atoms with Gasteiger partial charge in [-0.05, 0) is 45.2 Å². The van der Waals surface area contributed by atoms with Gasteiger partial charge in [0.05, 0.1) is 6.61 Å². The van der Waals surface area contributed by atoms with Gasteiger partial charge in [0.1, 0.15) is 0 Å². The van der Waals surface area contributed by atoms with Crippen molar-refractivity contribution in [3.05, 3.63) is 0 Å². The highest BCUT2D eigenvalue weighted by molar-refractivity contribution is 5.69. The summed E-state index contributed by atoms with van der Waals surface area (Å²) in [7, 11) is 0. The molecule has 0 aromatic rings. The summed E-state index contributed by atoms with van der Waals surface area (Å²) in [4.78, 5) is 11.6. The monoisotopic (exact) mass is 357 g/mol. The lowest BCUT2D eigenvalue weighted by molar-refractivity contribution is -0.143. The number of rotatable bonds is 20. The SMILES string of the molecule is CCCCCCCCCOC(=O)CCCCCCCNCCCCO.